The van der Waals surface area contributed by atoms with E-state index in [4.69, 9.17) is 9.47 Å². The molecule has 1 heterocycles. The van der Waals surface area contributed by atoms with E-state index in [-0.39, 0.29) is 24.0 Å². The van der Waals surface area contributed by atoms with Gasteiger partial charge in [0.2, 0.25) is 0 Å². The molecule has 0 spiro atoms. The number of hydrogen-bond acceptors (Lipinski definition) is 5. The summed E-state index contributed by atoms with van der Waals surface area (Å²) in [5.74, 6) is 2.44. The lowest BCUT2D eigenvalue weighted by Gasteiger charge is -2.21. The van der Waals surface area contributed by atoms with Crippen molar-refractivity contribution < 1.29 is 9.47 Å². The van der Waals surface area contributed by atoms with Crippen LogP contribution in [0.5, 0.6) is 11.5 Å². The number of aliphatic imine (C=N–C) groups is 1. The third-order valence-corrected chi connectivity index (χ3v) is 5.90. The molecule has 1 aliphatic heterocycles. The molecule has 0 aromatic heterocycles. The molecule has 2 aromatic rings. The van der Waals surface area contributed by atoms with Crippen LogP contribution in [0.1, 0.15) is 24.5 Å². The Hall–Kier alpha value is -2.20. The number of benzene rings is 2. The SMILES string of the molecule is CCN(C)Cc1cccc(CNC(=NC)NC2CCN(c3cc(OC)cc(OC)c3)C2)c1.I. The van der Waals surface area contributed by atoms with Crippen molar-refractivity contribution in [3.63, 3.8) is 0 Å². The van der Waals surface area contributed by atoms with Gasteiger partial charge in [0.05, 0.1) is 14.2 Å². The van der Waals surface area contributed by atoms with Crippen LogP contribution < -0.4 is 25.0 Å². The van der Waals surface area contributed by atoms with Gasteiger partial charge in [-0.05, 0) is 31.1 Å². The Bertz CT molecular complexity index is 886. The number of halogens is 1. The smallest absolute Gasteiger partial charge is 0.191 e. The van der Waals surface area contributed by atoms with E-state index in [2.05, 4.69) is 75.8 Å². The highest BCUT2D eigenvalue weighted by Gasteiger charge is 2.24. The van der Waals surface area contributed by atoms with Gasteiger partial charge < -0.3 is 29.9 Å². The van der Waals surface area contributed by atoms with E-state index in [1.165, 1.54) is 11.1 Å². The van der Waals surface area contributed by atoms with Gasteiger partial charge in [-0.3, -0.25) is 4.99 Å². The molecule has 1 atom stereocenters. The van der Waals surface area contributed by atoms with Crippen molar-refractivity contribution in [3.05, 3.63) is 53.6 Å². The molecule has 0 radical (unpaired) electrons. The van der Waals surface area contributed by atoms with E-state index >= 15 is 0 Å². The minimum atomic E-state index is 0. The Balaban J connectivity index is 0.00000385. The van der Waals surface area contributed by atoms with Crippen molar-refractivity contribution in [3.8, 4) is 11.5 Å². The molecule has 0 aliphatic carbocycles. The van der Waals surface area contributed by atoms with E-state index in [9.17, 15) is 0 Å². The Morgan fingerprint density at radius 2 is 1.82 bits per heavy atom. The first-order chi connectivity index (χ1) is 15.5. The van der Waals surface area contributed by atoms with Crippen LogP contribution in [-0.2, 0) is 13.1 Å². The second kappa shape index (κ2) is 13.5. The standard InChI is InChI=1S/C25H37N5O2.HI/c1-6-29(3)17-20-9-7-8-19(12-20)16-27-25(26-2)28-21-10-11-30(18-21)22-13-23(31-4)15-24(14-22)32-5;/h7-9,12-15,21H,6,10-11,16-18H2,1-5H3,(H2,26,27,28);1H. The molecule has 33 heavy (non-hydrogen) atoms. The average Bonchev–Trinajstić information content (AvgIpc) is 3.30. The third-order valence-electron chi connectivity index (χ3n) is 5.90. The summed E-state index contributed by atoms with van der Waals surface area (Å²) in [6.45, 7) is 6.79. The van der Waals surface area contributed by atoms with Crippen molar-refractivity contribution in [1.82, 2.24) is 15.5 Å². The van der Waals surface area contributed by atoms with Crippen LogP contribution in [0.25, 0.3) is 0 Å². The number of ether oxygens (including phenoxy) is 2. The molecule has 1 aliphatic rings. The predicted molar refractivity (Wildman–Crippen MR) is 147 cm³/mol. The van der Waals surface area contributed by atoms with Gasteiger partial charge in [-0.2, -0.15) is 0 Å². The zero-order valence-corrected chi connectivity index (χ0v) is 22.8. The Labute approximate surface area is 215 Å². The molecule has 0 saturated carbocycles. The van der Waals surface area contributed by atoms with Crippen LogP contribution in [0.3, 0.4) is 0 Å². The summed E-state index contributed by atoms with van der Waals surface area (Å²) in [4.78, 5) is 9.08. The summed E-state index contributed by atoms with van der Waals surface area (Å²) in [5.41, 5.74) is 3.70. The molecule has 2 aromatic carbocycles. The minimum Gasteiger partial charge on any atom is -0.497 e. The first kappa shape index (κ1) is 27.0. The number of rotatable bonds is 9. The second-order valence-electron chi connectivity index (χ2n) is 8.22. The van der Waals surface area contributed by atoms with Crippen molar-refractivity contribution in [2.24, 2.45) is 4.99 Å². The van der Waals surface area contributed by atoms with Gasteiger partial charge in [0, 0.05) is 63.2 Å². The molecule has 3 rings (SSSR count). The maximum atomic E-state index is 5.42. The number of anilines is 1. The van der Waals surface area contributed by atoms with Gasteiger partial charge in [-0.1, -0.05) is 31.2 Å². The first-order valence-corrected chi connectivity index (χ1v) is 11.3. The average molecular weight is 568 g/mol. The maximum Gasteiger partial charge on any atom is 0.191 e. The summed E-state index contributed by atoms with van der Waals surface area (Å²) >= 11 is 0. The molecule has 1 fully saturated rings. The van der Waals surface area contributed by atoms with Gasteiger partial charge >= 0.3 is 0 Å². The number of hydrogen-bond donors (Lipinski definition) is 2. The summed E-state index contributed by atoms with van der Waals surface area (Å²) in [6.07, 6.45) is 1.04. The maximum absolute atomic E-state index is 5.42. The number of nitrogens with one attached hydrogen (secondary N) is 2. The van der Waals surface area contributed by atoms with E-state index in [0.717, 1.165) is 62.3 Å². The summed E-state index contributed by atoms with van der Waals surface area (Å²) < 4.78 is 10.8. The second-order valence-corrected chi connectivity index (χ2v) is 8.22. The fourth-order valence-electron chi connectivity index (χ4n) is 3.92. The van der Waals surface area contributed by atoms with E-state index in [1.54, 1.807) is 14.2 Å². The van der Waals surface area contributed by atoms with Gasteiger partial charge in [0.15, 0.2) is 5.96 Å². The molecule has 2 N–H and O–H groups in total. The van der Waals surface area contributed by atoms with Crippen LogP contribution in [0.4, 0.5) is 5.69 Å². The van der Waals surface area contributed by atoms with Gasteiger partial charge in [-0.25, -0.2) is 0 Å². The Morgan fingerprint density at radius 3 is 2.45 bits per heavy atom. The Morgan fingerprint density at radius 1 is 1.12 bits per heavy atom. The lowest BCUT2D eigenvalue weighted by atomic mass is 10.1. The fourth-order valence-corrected chi connectivity index (χ4v) is 3.92. The molecule has 1 saturated heterocycles. The highest BCUT2D eigenvalue weighted by molar-refractivity contribution is 14.0. The van der Waals surface area contributed by atoms with Gasteiger partial charge in [0.25, 0.3) is 0 Å². The molecule has 0 amide bonds. The number of methoxy groups -OCH3 is 2. The Kier molecular flexibility index (Phi) is 11.1. The molecule has 1 unspecified atom stereocenters. The van der Waals surface area contributed by atoms with Crippen molar-refractivity contribution >= 4 is 35.6 Å². The zero-order valence-electron chi connectivity index (χ0n) is 20.4. The van der Waals surface area contributed by atoms with Gasteiger partial charge in [-0.15, -0.1) is 24.0 Å². The topological polar surface area (TPSA) is 61.4 Å². The van der Waals surface area contributed by atoms with Crippen LogP contribution in [0.2, 0.25) is 0 Å². The quantitative estimate of drug-likeness (QED) is 0.274. The molecule has 7 nitrogen and oxygen atoms in total. The monoisotopic (exact) mass is 567 g/mol. The lowest BCUT2D eigenvalue weighted by Crippen LogP contribution is -2.44. The summed E-state index contributed by atoms with van der Waals surface area (Å²) in [6, 6.07) is 15.1. The minimum absolute atomic E-state index is 0. The predicted octanol–water partition coefficient (Wildman–Crippen LogP) is 3.72. The van der Waals surface area contributed by atoms with Crippen LogP contribution >= 0.6 is 24.0 Å². The van der Waals surface area contributed by atoms with Crippen molar-refractivity contribution in [2.75, 3.05) is 52.8 Å². The first-order valence-electron chi connectivity index (χ1n) is 11.3. The lowest BCUT2D eigenvalue weighted by molar-refractivity contribution is 0.345. The van der Waals surface area contributed by atoms with Crippen molar-refractivity contribution in [2.45, 2.75) is 32.5 Å². The van der Waals surface area contributed by atoms with E-state index < -0.39 is 0 Å². The highest BCUT2D eigenvalue weighted by atomic mass is 127. The van der Waals surface area contributed by atoms with Crippen LogP contribution in [0, 0.1) is 0 Å². The van der Waals surface area contributed by atoms with Crippen LogP contribution in [0.15, 0.2) is 47.5 Å². The largest absolute Gasteiger partial charge is 0.497 e. The number of guanidine groups is 1. The highest BCUT2D eigenvalue weighted by Crippen LogP contribution is 2.30. The third kappa shape index (κ3) is 7.96. The van der Waals surface area contributed by atoms with E-state index in [0.29, 0.717) is 6.04 Å². The fraction of sp³-hybridized carbons (Fsp3) is 0.480. The normalized spacial score (nSPS) is 15.9. The van der Waals surface area contributed by atoms with Gasteiger partial charge in [0.1, 0.15) is 11.5 Å². The molecular weight excluding hydrogens is 529 g/mol. The molecule has 8 heteroatoms. The summed E-state index contributed by atoms with van der Waals surface area (Å²) in [5, 5.41) is 7.04. The van der Waals surface area contributed by atoms with Crippen LogP contribution in [-0.4, -0.2) is 64.9 Å². The molecular formula is C25H38IN5O2. The number of nitrogens with zero attached hydrogens (tertiary/aromatic N) is 3. The zero-order chi connectivity index (χ0) is 22.9. The van der Waals surface area contributed by atoms with E-state index in [1.807, 2.05) is 13.1 Å². The van der Waals surface area contributed by atoms with Crippen molar-refractivity contribution in [1.29, 1.82) is 0 Å². The molecule has 0 bridgehead atoms. The molecule has 182 valence electrons. The summed E-state index contributed by atoms with van der Waals surface area (Å²) in [7, 11) is 7.32.